The van der Waals surface area contributed by atoms with Crippen LogP contribution in [0.1, 0.15) is 58.8 Å². The lowest BCUT2D eigenvalue weighted by Crippen LogP contribution is -2.53. The third-order valence-electron chi connectivity index (χ3n) is 8.09. The van der Waals surface area contributed by atoms with Crippen LogP contribution in [0.15, 0.2) is 11.6 Å². The molecule has 3 heteroatoms. The van der Waals surface area contributed by atoms with Gasteiger partial charge in [0.1, 0.15) is 0 Å². The molecule has 3 nitrogen and oxygen atoms in total. The van der Waals surface area contributed by atoms with Crippen LogP contribution in [0.3, 0.4) is 0 Å². The van der Waals surface area contributed by atoms with Crippen molar-refractivity contribution in [2.24, 2.45) is 28.6 Å². The van der Waals surface area contributed by atoms with E-state index >= 15 is 0 Å². The fourth-order valence-electron chi connectivity index (χ4n) is 6.73. The minimum absolute atomic E-state index is 0.0520. The molecule has 0 aliphatic heterocycles. The van der Waals surface area contributed by atoms with E-state index in [1.54, 1.807) is 0 Å². The number of fused-ring (bicyclic) bond motifs is 5. The molecule has 0 bridgehead atoms. The summed E-state index contributed by atoms with van der Waals surface area (Å²) in [6, 6.07) is 0. The summed E-state index contributed by atoms with van der Waals surface area (Å²) in [5, 5.41) is 30.7. The first kappa shape index (κ1) is 15.2. The summed E-state index contributed by atoms with van der Waals surface area (Å²) < 4.78 is 0. The Kier molecular flexibility index (Phi) is 3.32. The van der Waals surface area contributed by atoms with Crippen molar-refractivity contribution in [1.29, 1.82) is 0 Å². The molecule has 0 aromatic carbocycles. The predicted octanol–water partition coefficient (Wildman–Crippen LogP) is 2.64. The van der Waals surface area contributed by atoms with Crippen molar-refractivity contribution in [3.63, 3.8) is 0 Å². The average molecular weight is 306 g/mol. The molecule has 3 fully saturated rings. The second-order valence-electron chi connectivity index (χ2n) is 8.92. The first-order valence-electron chi connectivity index (χ1n) is 9.11. The van der Waals surface area contributed by atoms with Crippen molar-refractivity contribution >= 4 is 0 Å². The number of allylic oxidation sites excluding steroid dienone is 1. The molecule has 124 valence electrons. The van der Waals surface area contributed by atoms with E-state index in [2.05, 4.69) is 13.8 Å². The Labute approximate surface area is 133 Å². The smallest absolute Gasteiger partial charge is 0.0983 e. The van der Waals surface area contributed by atoms with Gasteiger partial charge in [0.25, 0.3) is 0 Å². The second kappa shape index (κ2) is 4.81. The molecule has 0 aromatic heterocycles. The summed E-state index contributed by atoms with van der Waals surface area (Å²) in [6.45, 7) is 4.62. The van der Waals surface area contributed by atoms with Crippen molar-refractivity contribution < 1.29 is 15.3 Å². The third-order valence-corrected chi connectivity index (χ3v) is 8.09. The number of hydrogen-bond donors (Lipinski definition) is 3. The molecule has 0 radical (unpaired) electrons. The first-order chi connectivity index (χ1) is 10.4. The summed E-state index contributed by atoms with van der Waals surface area (Å²) in [5.74, 6) is 1.93. The number of hydrogen-bond acceptors (Lipinski definition) is 3. The number of aliphatic hydroxyl groups is 3. The number of rotatable bonds is 0. The summed E-state index contributed by atoms with van der Waals surface area (Å²) in [5.41, 5.74) is 1.55. The Hall–Kier alpha value is -0.380. The molecule has 3 N–H and O–H groups in total. The van der Waals surface area contributed by atoms with Crippen LogP contribution in [-0.4, -0.2) is 33.6 Å². The monoisotopic (exact) mass is 306 g/mol. The lowest BCUT2D eigenvalue weighted by atomic mass is 9.47. The van der Waals surface area contributed by atoms with Gasteiger partial charge in [-0.3, -0.25) is 0 Å². The minimum atomic E-state index is -0.679. The van der Waals surface area contributed by atoms with E-state index < -0.39 is 12.2 Å². The van der Waals surface area contributed by atoms with Gasteiger partial charge in [-0.25, -0.2) is 0 Å². The van der Waals surface area contributed by atoms with E-state index in [-0.39, 0.29) is 16.9 Å². The molecular weight excluding hydrogens is 276 g/mol. The van der Waals surface area contributed by atoms with Crippen LogP contribution in [0.2, 0.25) is 0 Å². The zero-order chi connectivity index (χ0) is 15.7. The lowest BCUT2D eigenvalue weighted by Gasteiger charge is -2.58. The highest BCUT2D eigenvalue weighted by Gasteiger charge is 2.59. The van der Waals surface area contributed by atoms with Crippen LogP contribution in [0, 0.1) is 28.6 Å². The maximum Gasteiger partial charge on any atom is 0.0983 e. The lowest BCUT2D eigenvalue weighted by molar-refractivity contribution is -0.0915. The summed E-state index contributed by atoms with van der Waals surface area (Å²) in [6.07, 6.45) is 7.89. The minimum Gasteiger partial charge on any atom is -0.393 e. The van der Waals surface area contributed by atoms with Crippen LogP contribution in [0.4, 0.5) is 0 Å². The third kappa shape index (κ3) is 1.85. The highest BCUT2D eigenvalue weighted by molar-refractivity contribution is 5.26. The summed E-state index contributed by atoms with van der Waals surface area (Å²) >= 11 is 0. The van der Waals surface area contributed by atoms with Gasteiger partial charge in [0, 0.05) is 0 Å². The molecule has 4 aliphatic carbocycles. The molecule has 0 amide bonds. The maximum absolute atomic E-state index is 10.5. The molecule has 4 aliphatic rings. The Balaban J connectivity index is 1.68. The Bertz CT molecular complexity index is 501. The van der Waals surface area contributed by atoms with Crippen molar-refractivity contribution in [3.8, 4) is 0 Å². The fraction of sp³-hybridized carbons (Fsp3) is 0.895. The van der Waals surface area contributed by atoms with Gasteiger partial charge in [0.15, 0.2) is 0 Å². The van der Waals surface area contributed by atoms with Crippen molar-refractivity contribution in [2.45, 2.75) is 77.1 Å². The molecule has 4 rings (SSSR count). The van der Waals surface area contributed by atoms with Gasteiger partial charge < -0.3 is 15.3 Å². The van der Waals surface area contributed by atoms with Crippen LogP contribution in [0.5, 0.6) is 0 Å². The van der Waals surface area contributed by atoms with E-state index in [9.17, 15) is 15.3 Å². The fourth-order valence-corrected chi connectivity index (χ4v) is 6.73. The van der Waals surface area contributed by atoms with E-state index in [1.807, 2.05) is 6.08 Å². The van der Waals surface area contributed by atoms with Crippen LogP contribution in [-0.2, 0) is 0 Å². The molecule has 0 saturated heterocycles. The van der Waals surface area contributed by atoms with Crippen LogP contribution < -0.4 is 0 Å². The molecule has 8 atom stereocenters. The average Bonchev–Trinajstić information content (AvgIpc) is 2.77. The normalized spacial score (nSPS) is 57.6. The zero-order valence-electron chi connectivity index (χ0n) is 13.8. The number of aliphatic hydroxyl groups excluding tert-OH is 3. The van der Waals surface area contributed by atoms with Gasteiger partial charge in [0.2, 0.25) is 0 Å². The van der Waals surface area contributed by atoms with Gasteiger partial charge in [0.05, 0.1) is 18.3 Å². The molecule has 22 heavy (non-hydrogen) atoms. The molecule has 0 aromatic rings. The molecule has 3 saturated carbocycles. The predicted molar refractivity (Wildman–Crippen MR) is 85.1 cm³/mol. The summed E-state index contributed by atoms with van der Waals surface area (Å²) in [7, 11) is 0. The zero-order valence-corrected chi connectivity index (χ0v) is 13.8. The summed E-state index contributed by atoms with van der Waals surface area (Å²) in [4.78, 5) is 0. The standard InChI is InChI=1S/C19H30O3/c1-18-8-7-14-12(13(18)5-6-17(18)22)4-3-11-9-15(20)16(21)10-19(11,14)2/h9,12-17,20-22H,3-8,10H2,1-2H3/t12-,13-,14-,15?,16+,17-,18-,19-/m0/s1. The van der Waals surface area contributed by atoms with Gasteiger partial charge >= 0.3 is 0 Å². The van der Waals surface area contributed by atoms with Gasteiger partial charge in [-0.15, -0.1) is 0 Å². The molecule has 0 heterocycles. The van der Waals surface area contributed by atoms with Crippen LogP contribution >= 0.6 is 0 Å². The topological polar surface area (TPSA) is 60.7 Å². The quantitative estimate of drug-likeness (QED) is 0.603. The van der Waals surface area contributed by atoms with Crippen molar-refractivity contribution in [3.05, 3.63) is 11.6 Å². The van der Waals surface area contributed by atoms with Gasteiger partial charge in [-0.1, -0.05) is 25.5 Å². The molecule has 1 unspecified atom stereocenters. The van der Waals surface area contributed by atoms with E-state index in [0.29, 0.717) is 24.2 Å². The van der Waals surface area contributed by atoms with Crippen LogP contribution in [0.25, 0.3) is 0 Å². The van der Waals surface area contributed by atoms with Crippen molar-refractivity contribution in [1.82, 2.24) is 0 Å². The highest BCUT2D eigenvalue weighted by atomic mass is 16.3. The Morgan fingerprint density at radius 1 is 1.00 bits per heavy atom. The second-order valence-corrected chi connectivity index (χ2v) is 8.92. The Morgan fingerprint density at radius 3 is 2.55 bits per heavy atom. The highest BCUT2D eigenvalue weighted by Crippen LogP contribution is 2.65. The van der Waals surface area contributed by atoms with Gasteiger partial charge in [-0.2, -0.15) is 0 Å². The molecular formula is C19H30O3. The van der Waals surface area contributed by atoms with E-state index in [4.69, 9.17) is 0 Å². The van der Waals surface area contributed by atoms with Crippen molar-refractivity contribution in [2.75, 3.05) is 0 Å². The maximum atomic E-state index is 10.5. The van der Waals surface area contributed by atoms with Gasteiger partial charge in [-0.05, 0) is 73.5 Å². The Morgan fingerprint density at radius 2 is 1.77 bits per heavy atom. The molecule has 0 spiro atoms. The van der Waals surface area contributed by atoms with E-state index in [1.165, 1.54) is 18.4 Å². The largest absolute Gasteiger partial charge is 0.393 e. The van der Waals surface area contributed by atoms with E-state index in [0.717, 1.165) is 25.7 Å². The SMILES string of the molecule is C[C@]12CC[C@H]3[C@@H](CCC4=CC(O)[C@H](O)C[C@@]43C)[C@@H]1CC[C@@H]2O. The first-order valence-corrected chi connectivity index (χ1v) is 9.11.